The number of ether oxygens (including phenoxy) is 1. The minimum Gasteiger partial charge on any atom is -0.501 e. The molecule has 0 amide bonds. The molecule has 2 heteroatoms. The summed E-state index contributed by atoms with van der Waals surface area (Å²) in [7, 11) is 4.34. The molecule has 0 rings (SSSR count). The monoisotopic (exact) mass is 682 g/mol. The largest absolute Gasteiger partial charge is 0.501 e. The predicted molar refractivity (Wildman–Crippen MR) is 223 cm³/mol. The van der Waals surface area contributed by atoms with E-state index in [1.54, 1.807) is 0 Å². The minimum atomic E-state index is 0.552. The van der Waals surface area contributed by atoms with Crippen LogP contribution in [0.4, 0.5) is 0 Å². The SMILES string of the molecule is CCCCC/C=C\C/C=C\CCCCCCCCC(CCCCCCCC/C=C\C/C=C\CCCCC)CO/C=C/C(C)CC(C)N(C)C. The minimum absolute atomic E-state index is 0.552. The molecule has 0 radical (unpaired) electrons. The fourth-order valence-corrected chi connectivity index (χ4v) is 6.36. The highest BCUT2D eigenvalue weighted by Gasteiger charge is 2.10. The van der Waals surface area contributed by atoms with E-state index in [-0.39, 0.29) is 0 Å². The van der Waals surface area contributed by atoms with Gasteiger partial charge in [0, 0.05) is 6.04 Å². The maximum absolute atomic E-state index is 6.15. The molecule has 2 unspecified atom stereocenters. The van der Waals surface area contributed by atoms with E-state index in [0.29, 0.717) is 17.9 Å². The fraction of sp³-hybridized carbons (Fsp3) is 0.787. The summed E-state index contributed by atoms with van der Waals surface area (Å²) in [5.41, 5.74) is 0. The Morgan fingerprint density at radius 1 is 0.490 bits per heavy atom. The van der Waals surface area contributed by atoms with E-state index in [0.717, 1.165) is 19.4 Å². The second-order valence-electron chi connectivity index (χ2n) is 15.3. The Morgan fingerprint density at radius 2 is 0.878 bits per heavy atom. The van der Waals surface area contributed by atoms with Gasteiger partial charge in [0.05, 0.1) is 12.9 Å². The number of hydrogen-bond acceptors (Lipinski definition) is 2. The van der Waals surface area contributed by atoms with Gasteiger partial charge in [0.25, 0.3) is 0 Å². The molecule has 0 aromatic carbocycles. The smallest absolute Gasteiger partial charge is 0.0901 e. The maximum atomic E-state index is 6.15. The molecule has 0 heterocycles. The van der Waals surface area contributed by atoms with Gasteiger partial charge in [-0.2, -0.15) is 0 Å². The first-order chi connectivity index (χ1) is 24.0. The highest BCUT2D eigenvalue weighted by Crippen LogP contribution is 2.21. The molecule has 0 bridgehead atoms. The van der Waals surface area contributed by atoms with E-state index in [1.165, 1.54) is 161 Å². The third kappa shape index (κ3) is 37.5. The molecular formula is C47H87NO. The lowest BCUT2D eigenvalue weighted by molar-refractivity contribution is 0.175. The zero-order valence-corrected chi connectivity index (χ0v) is 34.2. The van der Waals surface area contributed by atoms with E-state index in [4.69, 9.17) is 4.74 Å². The van der Waals surface area contributed by atoms with Gasteiger partial charge in [0.15, 0.2) is 0 Å². The fourth-order valence-electron chi connectivity index (χ4n) is 6.36. The highest BCUT2D eigenvalue weighted by atomic mass is 16.5. The lowest BCUT2D eigenvalue weighted by atomic mass is 9.94. The average molecular weight is 682 g/mol. The van der Waals surface area contributed by atoms with Crippen molar-refractivity contribution in [2.75, 3.05) is 20.7 Å². The maximum Gasteiger partial charge on any atom is 0.0901 e. The van der Waals surface area contributed by atoms with Gasteiger partial charge >= 0.3 is 0 Å². The molecule has 0 aliphatic heterocycles. The van der Waals surface area contributed by atoms with Crippen molar-refractivity contribution in [2.45, 2.75) is 207 Å². The van der Waals surface area contributed by atoms with Crippen LogP contribution in [-0.4, -0.2) is 31.6 Å². The summed E-state index contributed by atoms with van der Waals surface area (Å²) in [5.74, 6) is 1.26. The topological polar surface area (TPSA) is 12.5 Å². The van der Waals surface area contributed by atoms with Crippen molar-refractivity contribution in [1.82, 2.24) is 4.90 Å². The van der Waals surface area contributed by atoms with Crippen LogP contribution in [-0.2, 0) is 4.74 Å². The molecule has 0 saturated heterocycles. The summed E-state index contributed by atoms with van der Waals surface area (Å²) in [5, 5.41) is 0. The van der Waals surface area contributed by atoms with E-state index >= 15 is 0 Å². The van der Waals surface area contributed by atoms with Gasteiger partial charge in [-0.3, -0.25) is 0 Å². The molecule has 2 nitrogen and oxygen atoms in total. The van der Waals surface area contributed by atoms with Gasteiger partial charge in [-0.25, -0.2) is 0 Å². The summed E-state index contributed by atoms with van der Waals surface area (Å²) in [4.78, 5) is 2.31. The Labute approximate surface area is 309 Å². The van der Waals surface area contributed by atoms with E-state index in [1.807, 2.05) is 6.26 Å². The third-order valence-electron chi connectivity index (χ3n) is 10.1. The zero-order valence-electron chi connectivity index (χ0n) is 34.2. The number of hydrogen-bond donors (Lipinski definition) is 0. The van der Waals surface area contributed by atoms with Crippen LogP contribution in [0.2, 0.25) is 0 Å². The van der Waals surface area contributed by atoms with Gasteiger partial charge in [0.2, 0.25) is 0 Å². The van der Waals surface area contributed by atoms with Crippen molar-refractivity contribution in [2.24, 2.45) is 11.8 Å². The van der Waals surface area contributed by atoms with Crippen molar-refractivity contribution in [3.63, 3.8) is 0 Å². The van der Waals surface area contributed by atoms with Gasteiger partial charge in [-0.1, -0.05) is 159 Å². The first-order valence-electron chi connectivity index (χ1n) is 21.6. The van der Waals surface area contributed by atoms with Gasteiger partial charge in [-0.15, -0.1) is 0 Å². The van der Waals surface area contributed by atoms with Crippen LogP contribution in [0.5, 0.6) is 0 Å². The molecule has 0 spiro atoms. The predicted octanol–water partition coefficient (Wildman–Crippen LogP) is 15.5. The zero-order chi connectivity index (χ0) is 35.9. The molecule has 0 fully saturated rings. The first kappa shape index (κ1) is 47.5. The second kappa shape index (κ2) is 39.2. The number of allylic oxidation sites excluding steroid dienone is 9. The van der Waals surface area contributed by atoms with Crippen LogP contribution in [0.15, 0.2) is 60.9 Å². The van der Waals surface area contributed by atoms with E-state index < -0.39 is 0 Å². The van der Waals surface area contributed by atoms with Gasteiger partial charge < -0.3 is 9.64 Å². The Balaban J connectivity index is 4.18. The van der Waals surface area contributed by atoms with Crippen LogP contribution in [0, 0.1) is 11.8 Å². The Kier molecular flexibility index (Phi) is 38.0. The van der Waals surface area contributed by atoms with E-state index in [9.17, 15) is 0 Å². The molecule has 0 aliphatic rings. The summed E-state index contributed by atoms with van der Waals surface area (Å²) in [6.45, 7) is 10.1. The summed E-state index contributed by atoms with van der Waals surface area (Å²) < 4.78 is 6.15. The van der Waals surface area contributed by atoms with E-state index in [2.05, 4.69) is 101 Å². The Morgan fingerprint density at radius 3 is 1.29 bits per heavy atom. The van der Waals surface area contributed by atoms with Crippen LogP contribution in [0.1, 0.15) is 201 Å². The molecule has 286 valence electrons. The Bertz CT molecular complexity index is 742. The van der Waals surface area contributed by atoms with Crippen molar-refractivity contribution < 1.29 is 4.74 Å². The number of unbranched alkanes of at least 4 members (excludes halogenated alkanes) is 18. The Hall–Kier alpha value is -1.54. The number of nitrogens with zero attached hydrogens (tertiary/aromatic N) is 1. The molecule has 2 atom stereocenters. The lowest BCUT2D eigenvalue weighted by Crippen LogP contribution is -2.26. The molecule has 0 N–H and O–H groups in total. The van der Waals surface area contributed by atoms with Crippen LogP contribution in [0.25, 0.3) is 0 Å². The van der Waals surface area contributed by atoms with Gasteiger partial charge in [0.1, 0.15) is 0 Å². The molecule has 0 aromatic heterocycles. The van der Waals surface area contributed by atoms with Crippen LogP contribution >= 0.6 is 0 Å². The standard InChI is InChI=1S/C47H87NO/c1-7-9-11-13-15-17-19-21-23-25-27-29-31-33-35-37-39-47(44-49-42-41-45(3)43-46(4)48(5)6)40-38-36-34-32-30-28-26-24-22-20-18-16-14-12-10-8-2/h15-18,21-24,41-42,45-47H,7-14,19-20,25-40,43-44H2,1-6H3/b17-15-,18-16-,23-21-,24-22-,42-41+. The summed E-state index contributed by atoms with van der Waals surface area (Å²) in [6, 6.07) is 0.597. The van der Waals surface area contributed by atoms with Crippen molar-refractivity contribution >= 4 is 0 Å². The average Bonchev–Trinajstić information content (AvgIpc) is 3.09. The second-order valence-corrected chi connectivity index (χ2v) is 15.3. The quantitative estimate of drug-likeness (QED) is 0.0368. The first-order valence-corrected chi connectivity index (χ1v) is 21.6. The van der Waals surface area contributed by atoms with Gasteiger partial charge in [-0.05, 0) is 122 Å². The summed E-state index contributed by atoms with van der Waals surface area (Å²) >= 11 is 0. The molecule has 0 aliphatic carbocycles. The molecule has 0 aromatic rings. The molecular weight excluding hydrogens is 595 g/mol. The van der Waals surface area contributed by atoms with Crippen molar-refractivity contribution in [1.29, 1.82) is 0 Å². The third-order valence-corrected chi connectivity index (χ3v) is 10.1. The van der Waals surface area contributed by atoms with Crippen LogP contribution < -0.4 is 0 Å². The lowest BCUT2D eigenvalue weighted by Gasteiger charge is -2.21. The van der Waals surface area contributed by atoms with Crippen molar-refractivity contribution in [3.05, 3.63) is 60.9 Å². The normalized spacial score (nSPS) is 14.0. The van der Waals surface area contributed by atoms with Crippen LogP contribution in [0.3, 0.4) is 0 Å². The highest BCUT2D eigenvalue weighted by molar-refractivity contribution is 4.93. The molecule has 0 saturated carbocycles. The molecule has 49 heavy (non-hydrogen) atoms. The summed E-state index contributed by atoms with van der Waals surface area (Å²) in [6.07, 6.45) is 58.8. The van der Waals surface area contributed by atoms with Crippen molar-refractivity contribution in [3.8, 4) is 0 Å². The number of rotatable bonds is 37.